The lowest BCUT2D eigenvalue weighted by molar-refractivity contribution is -0.385. The second kappa shape index (κ2) is 3.49. The largest absolute Gasteiger partial charge is 0.273 e. The minimum atomic E-state index is -0.257. The number of halogens is 1. The van der Waals surface area contributed by atoms with E-state index in [4.69, 9.17) is 0 Å². The van der Waals surface area contributed by atoms with Gasteiger partial charge in [0.05, 0.1) is 4.92 Å². The molecule has 1 aromatic rings. The fraction of sp³-hybridized carbons (Fsp3) is 0.400. The van der Waals surface area contributed by atoms with Crippen LogP contribution in [0, 0.1) is 20.6 Å². The van der Waals surface area contributed by atoms with Crippen molar-refractivity contribution in [2.24, 2.45) is 0 Å². The van der Waals surface area contributed by atoms with Gasteiger partial charge in [-0.3, -0.25) is 10.1 Å². The predicted octanol–water partition coefficient (Wildman–Crippen LogP) is 3.00. The minimum Gasteiger partial charge on any atom is -0.258 e. The van der Waals surface area contributed by atoms with E-state index in [0.29, 0.717) is 5.69 Å². The molecular weight excluding hydrogens is 293 g/mol. The Hall–Kier alpha value is -0.650. The maximum atomic E-state index is 10.8. The van der Waals surface area contributed by atoms with Crippen molar-refractivity contribution in [3.05, 3.63) is 36.4 Å². The molecule has 0 N–H and O–H groups in total. The third-order valence-electron chi connectivity index (χ3n) is 2.69. The lowest BCUT2D eigenvalue weighted by Crippen LogP contribution is -1.98. The molecule has 74 valence electrons. The minimum absolute atomic E-state index is 0.257. The summed E-state index contributed by atoms with van der Waals surface area (Å²) in [7, 11) is 0. The predicted molar refractivity (Wildman–Crippen MR) is 62.6 cm³/mol. The molecular formula is C10H10INO2. The average Bonchev–Trinajstić information content (AvgIpc) is 2.59. The van der Waals surface area contributed by atoms with Gasteiger partial charge in [-0.05, 0) is 59.9 Å². The Labute approximate surface area is 95.8 Å². The van der Waals surface area contributed by atoms with Crippen molar-refractivity contribution in [2.45, 2.75) is 26.2 Å². The van der Waals surface area contributed by atoms with Crippen molar-refractivity contribution in [3.63, 3.8) is 0 Å². The average molecular weight is 303 g/mol. The summed E-state index contributed by atoms with van der Waals surface area (Å²) < 4.78 is 1.21. The maximum Gasteiger partial charge on any atom is 0.273 e. The van der Waals surface area contributed by atoms with Crippen LogP contribution in [0.1, 0.15) is 23.1 Å². The first-order chi connectivity index (χ1) is 6.61. The van der Waals surface area contributed by atoms with Gasteiger partial charge in [-0.2, -0.15) is 0 Å². The zero-order valence-electron chi connectivity index (χ0n) is 7.84. The SMILES string of the molecule is Cc1cc([N+](=O)[O-])c2c(c1I)CCC2. The molecule has 1 aromatic carbocycles. The zero-order valence-corrected chi connectivity index (χ0v) is 10.00. The summed E-state index contributed by atoms with van der Waals surface area (Å²) in [4.78, 5) is 10.6. The molecule has 0 saturated heterocycles. The number of rotatable bonds is 1. The fourth-order valence-electron chi connectivity index (χ4n) is 2.03. The molecule has 0 bridgehead atoms. The molecule has 14 heavy (non-hydrogen) atoms. The van der Waals surface area contributed by atoms with Crippen LogP contribution in [0.4, 0.5) is 5.69 Å². The Balaban J connectivity index is 2.70. The second-order valence-electron chi connectivity index (χ2n) is 3.59. The molecule has 0 fully saturated rings. The number of nitro benzene ring substituents is 1. The van der Waals surface area contributed by atoms with Crippen molar-refractivity contribution in [2.75, 3.05) is 0 Å². The van der Waals surface area contributed by atoms with Crippen molar-refractivity contribution >= 4 is 28.3 Å². The summed E-state index contributed by atoms with van der Waals surface area (Å²) in [6.07, 6.45) is 2.91. The van der Waals surface area contributed by atoms with Crippen LogP contribution < -0.4 is 0 Å². The summed E-state index contributed by atoms with van der Waals surface area (Å²) in [5.74, 6) is 0. The normalized spacial score (nSPS) is 14.1. The van der Waals surface area contributed by atoms with Crippen LogP contribution in [0.25, 0.3) is 0 Å². The van der Waals surface area contributed by atoms with Crippen LogP contribution in [0.15, 0.2) is 6.07 Å². The van der Waals surface area contributed by atoms with Crippen molar-refractivity contribution in [1.29, 1.82) is 0 Å². The molecule has 2 rings (SSSR count). The fourth-order valence-corrected chi connectivity index (χ4v) is 2.78. The first kappa shape index (κ1) is 9.89. The summed E-state index contributed by atoms with van der Waals surface area (Å²) in [6.45, 7) is 1.94. The van der Waals surface area contributed by atoms with E-state index in [0.717, 1.165) is 30.4 Å². The first-order valence-corrected chi connectivity index (χ1v) is 5.64. The lowest BCUT2D eigenvalue weighted by Gasteiger charge is -2.06. The third-order valence-corrected chi connectivity index (χ3v) is 4.19. The van der Waals surface area contributed by atoms with Gasteiger partial charge in [-0.15, -0.1) is 0 Å². The Bertz CT molecular complexity index is 415. The highest BCUT2D eigenvalue weighted by molar-refractivity contribution is 14.1. The molecule has 1 aliphatic carbocycles. The zero-order chi connectivity index (χ0) is 10.3. The topological polar surface area (TPSA) is 43.1 Å². The lowest BCUT2D eigenvalue weighted by atomic mass is 10.1. The van der Waals surface area contributed by atoms with E-state index in [1.165, 1.54) is 9.13 Å². The van der Waals surface area contributed by atoms with E-state index in [2.05, 4.69) is 22.6 Å². The van der Waals surface area contributed by atoms with Gasteiger partial charge >= 0.3 is 0 Å². The van der Waals surface area contributed by atoms with Gasteiger partial charge in [0.1, 0.15) is 0 Å². The number of benzene rings is 1. The van der Waals surface area contributed by atoms with Gasteiger partial charge in [-0.25, -0.2) is 0 Å². The second-order valence-corrected chi connectivity index (χ2v) is 4.67. The van der Waals surface area contributed by atoms with E-state index >= 15 is 0 Å². The van der Waals surface area contributed by atoms with Crippen LogP contribution in [-0.4, -0.2) is 4.92 Å². The van der Waals surface area contributed by atoms with E-state index < -0.39 is 0 Å². The number of hydrogen-bond donors (Lipinski definition) is 0. The molecule has 0 saturated carbocycles. The molecule has 0 atom stereocenters. The standard InChI is InChI=1S/C10H10INO2/c1-6-5-9(12(13)14)7-3-2-4-8(7)10(6)11/h5H,2-4H2,1H3. The van der Waals surface area contributed by atoms with Crippen molar-refractivity contribution < 1.29 is 4.92 Å². The van der Waals surface area contributed by atoms with E-state index in [-0.39, 0.29) is 4.92 Å². The monoisotopic (exact) mass is 303 g/mol. The molecule has 1 aliphatic rings. The van der Waals surface area contributed by atoms with Gasteiger partial charge in [0.25, 0.3) is 5.69 Å². The van der Waals surface area contributed by atoms with Crippen LogP contribution in [0.3, 0.4) is 0 Å². The van der Waals surface area contributed by atoms with Crippen molar-refractivity contribution in [1.82, 2.24) is 0 Å². The highest BCUT2D eigenvalue weighted by atomic mass is 127. The molecule has 0 aliphatic heterocycles. The number of hydrogen-bond acceptors (Lipinski definition) is 2. The molecule has 0 unspecified atom stereocenters. The molecule has 0 heterocycles. The van der Waals surface area contributed by atoms with E-state index in [1.54, 1.807) is 6.07 Å². The summed E-state index contributed by atoms with van der Waals surface area (Å²) in [5.41, 5.74) is 3.51. The Morgan fingerprint density at radius 2 is 2.07 bits per heavy atom. The number of fused-ring (bicyclic) bond motifs is 1. The first-order valence-electron chi connectivity index (χ1n) is 4.56. The van der Waals surface area contributed by atoms with E-state index in [9.17, 15) is 10.1 Å². The van der Waals surface area contributed by atoms with Gasteiger partial charge < -0.3 is 0 Å². The highest BCUT2D eigenvalue weighted by Crippen LogP contribution is 2.35. The molecule has 4 heteroatoms. The summed E-state index contributed by atoms with van der Waals surface area (Å²) >= 11 is 2.29. The molecule has 0 spiro atoms. The van der Waals surface area contributed by atoms with Gasteiger partial charge in [0.15, 0.2) is 0 Å². The van der Waals surface area contributed by atoms with E-state index in [1.807, 2.05) is 6.92 Å². The van der Waals surface area contributed by atoms with Crippen LogP contribution in [0.5, 0.6) is 0 Å². The number of aryl methyl sites for hydroxylation is 1. The Kier molecular flexibility index (Phi) is 2.47. The van der Waals surface area contributed by atoms with Crippen molar-refractivity contribution in [3.8, 4) is 0 Å². The molecule has 0 radical (unpaired) electrons. The van der Waals surface area contributed by atoms with Crippen LogP contribution >= 0.6 is 22.6 Å². The maximum absolute atomic E-state index is 10.8. The third kappa shape index (κ3) is 1.41. The summed E-state index contributed by atoms with van der Waals surface area (Å²) in [6, 6.07) is 1.70. The molecule has 3 nitrogen and oxygen atoms in total. The Morgan fingerprint density at radius 1 is 1.43 bits per heavy atom. The molecule has 0 amide bonds. The van der Waals surface area contributed by atoms with Gasteiger partial charge in [0, 0.05) is 15.2 Å². The molecule has 0 aromatic heterocycles. The quantitative estimate of drug-likeness (QED) is 0.455. The summed E-state index contributed by atoms with van der Waals surface area (Å²) in [5, 5.41) is 10.8. The highest BCUT2D eigenvalue weighted by Gasteiger charge is 2.25. The number of nitro groups is 1. The smallest absolute Gasteiger partial charge is 0.258 e. The van der Waals surface area contributed by atoms with Crippen LogP contribution in [-0.2, 0) is 12.8 Å². The van der Waals surface area contributed by atoms with Crippen LogP contribution in [0.2, 0.25) is 0 Å². The Morgan fingerprint density at radius 3 is 2.71 bits per heavy atom. The number of nitrogens with zero attached hydrogens (tertiary/aromatic N) is 1. The van der Waals surface area contributed by atoms with Gasteiger partial charge in [-0.1, -0.05) is 0 Å². The van der Waals surface area contributed by atoms with Gasteiger partial charge in [0.2, 0.25) is 0 Å².